The van der Waals surface area contributed by atoms with Crippen LogP contribution >= 0.6 is 22.9 Å². The fraction of sp³-hybridized carbons (Fsp3) is 0.778. The molecule has 0 saturated carbocycles. The lowest BCUT2D eigenvalue weighted by molar-refractivity contribution is 0.412. The Hall–Kier alpha value is -0.350. The first kappa shape index (κ1) is 11.7. The Morgan fingerprint density at radius 3 is 2.50 bits per heavy atom. The fourth-order valence-corrected chi connectivity index (χ4v) is 2.03. The average Bonchev–Trinajstić information content (AvgIpc) is 2.50. The summed E-state index contributed by atoms with van der Waals surface area (Å²) in [5.41, 5.74) is -0.118. The molecule has 0 spiro atoms. The maximum atomic E-state index is 5.95. The van der Waals surface area contributed by atoms with Crippen molar-refractivity contribution in [3.8, 4) is 0 Å². The van der Waals surface area contributed by atoms with Crippen molar-refractivity contribution in [1.82, 2.24) is 10.2 Å². The third-order valence-electron chi connectivity index (χ3n) is 2.47. The smallest absolute Gasteiger partial charge is 0.206 e. The molecular formula is C9H16ClN3S. The molecular weight excluding hydrogens is 218 g/mol. The van der Waals surface area contributed by atoms with Crippen molar-refractivity contribution in [1.29, 1.82) is 0 Å². The second-order valence-electron chi connectivity index (χ2n) is 3.96. The number of aryl methyl sites for hydroxylation is 1. The number of rotatable bonds is 4. The molecule has 1 aromatic heterocycles. The highest BCUT2D eigenvalue weighted by atomic mass is 35.5. The number of nitrogens with zero attached hydrogens (tertiary/aromatic N) is 2. The van der Waals surface area contributed by atoms with Crippen LogP contribution in [0.4, 0.5) is 5.13 Å². The van der Waals surface area contributed by atoms with Crippen LogP contribution in [0.5, 0.6) is 0 Å². The van der Waals surface area contributed by atoms with Crippen molar-refractivity contribution in [3.63, 3.8) is 0 Å². The molecule has 3 nitrogen and oxygen atoms in total. The van der Waals surface area contributed by atoms with Crippen LogP contribution in [0, 0.1) is 12.8 Å². The lowest BCUT2D eigenvalue weighted by atomic mass is 9.91. The molecule has 1 aromatic rings. The van der Waals surface area contributed by atoms with E-state index in [2.05, 4.69) is 36.3 Å². The zero-order chi connectivity index (χ0) is 10.8. The van der Waals surface area contributed by atoms with Crippen molar-refractivity contribution in [2.45, 2.75) is 33.2 Å². The van der Waals surface area contributed by atoms with Crippen LogP contribution < -0.4 is 5.32 Å². The molecule has 0 aromatic carbocycles. The number of hydrogen-bond acceptors (Lipinski definition) is 4. The summed E-state index contributed by atoms with van der Waals surface area (Å²) in [6.07, 6.45) is 0. The van der Waals surface area contributed by atoms with Crippen molar-refractivity contribution in [3.05, 3.63) is 5.01 Å². The monoisotopic (exact) mass is 233 g/mol. The third-order valence-corrected chi connectivity index (χ3v) is 3.78. The van der Waals surface area contributed by atoms with E-state index in [4.69, 9.17) is 11.6 Å². The largest absolute Gasteiger partial charge is 0.353 e. The predicted octanol–water partition coefficient (Wildman–Crippen LogP) is 2.91. The van der Waals surface area contributed by atoms with E-state index in [-0.39, 0.29) is 5.54 Å². The Labute approximate surface area is 93.9 Å². The first-order chi connectivity index (χ1) is 6.48. The molecule has 1 atom stereocenters. The van der Waals surface area contributed by atoms with Gasteiger partial charge in [0.2, 0.25) is 5.13 Å². The summed E-state index contributed by atoms with van der Waals surface area (Å²) in [5, 5.41) is 13.1. The van der Waals surface area contributed by atoms with Gasteiger partial charge < -0.3 is 5.32 Å². The van der Waals surface area contributed by atoms with E-state index in [0.717, 1.165) is 10.1 Å². The number of halogens is 1. The van der Waals surface area contributed by atoms with Crippen LogP contribution in [0.2, 0.25) is 0 Å². The van der Waals surface area contributed by atoms with Crippen molar-refractivity contribution in [2.75, 3.05) is 11.2 Å². The second kappa shape index (κ2) is 4.45. The molecule has 0 fully saturated rings. The zero-order valence-electron chi connectivity index (χ0n) is 8.97. The highest BCUT2D eigenvalue weighted by Gasteiger charge is 2.28. The highest BCUT2D eigenvalue weighted by molar-refractivity contribution is 7.15. The molecule has 0 aliphatic heterocycles. The summed E-state index contributed by atoms with van der Waals surface area (Å²) in [6, 6.07) is 0. The van der Waals surface area contributed by atoms with Crippen molar-refractivity contribution >= 4 is 28.1 Å². The summed E-state index contributed by atoms with van der Waals surface area (Å²) >= 11 is 7.51. The van der Waals surface area contributed by atoms with Gasteiger partial charge in [-0.25, -0.2) is 0 Å². The normalized spacial score (nSPS) is 15.6. The van der Waals surface area contributed by atoms with E-state index >= 15 is 0 Å². The molecule has 0 radical (unpaired) electrons. The van der Waals surface area contributed by atoms with Crippen molar-refractivity contribution in [2.24, 2.45) is 5.92 Å². The van der Waals surface area contributed by atoms with Gasteiger partial charge in [0.1, 0.15) is 5.01 Å². The number of aromatic nitrogens is 2. The van der Waals surface area contributed by atoms with Gasteiger partial charge in [-0.05, 0) is 19.8 Å². The fourth-order valence-electron chi connectivity index (χ4n) is 0.923. The van der Waals surface area contributed by atoms with Gasteiger partial charge in [0.15, 0.2) is 0 Å². The molecule has 80 valence electrons. The quantitative estimate of drug-likeness (QED) is 0.813. The Bertz CT molecular complexity index is 300. The molecule has 0 aliphatic rings. The molecule has 1 rings (SSSR count). The molecule has 0 saturated heterocycles. The number of anilines is 1. The molecule has 0 amide bonds. The van der Waals surface area contributed by atoms with Crippen LogP contribution in [0.1, 0.15) is 25.8 Å². The first-order valence-electron chi connectivity index (χ1n) is 4.62. The Morgan fingerprint density at radius 1 is 1.50 bits per heavy atom. The predicted molar refractivity (Wildman–Crippen MR) is 62.2 cm³/mol. The number of nitrogens with one attached hydrogen (secondary N) is 1. The molecule has 14 heavy (non-hydrogen) atoms. The van der Waals surface area contributed by atoms with Gasteiger partial charge >= 0.3 is 0 Å². The maximum absolute atomic E-state index is 5.95. The Balaban J connectivity index is 2.75. The maximum Gasteiger partial charge on any atom is 0.206 e. The topological polar surface area (TPSA) is 37.8 Å². The minimum absolute atomic E-state index is 0.118. The van der Waals surface area contributed by atoms with Gasteiger partial charge in [-0.1, -0.05) is 25.2 Å². The van der Waals surface area contributed by atoms with E-state index < -0.39 is 0 Å². The summed E-state index contributed by atoms with van der Waals surface area (Å²) in [5.74, 6) is 1.01. The minimum atomic E-state index is -0.118. The minimum Gasteiger partial charge on any atom is -0.353 e. The first-order valence-corrected chi connectivity index (χ1v) is 5.97. The summed E-state index contributed by atoms with van der Waals surface area (Å²) in [7, 11) is 0. The molecule has 0 bridgehead atoms. The molecule has 0 aliphatic carbocycles. The molecule has 5 heteroatoms. The van der Waals surface area contributed by atoms with Gasteiger partial charge in [0, 0.05) is 5.88 Å². The van der Waals surface area contributed by atoms with Crippen LogP contribution in [0.15, 0.2) is 0 Å². The van der Waals surface area contributed by atoms with Gasteiger partial charge in [0.25, 0.3) is 0 Å². The van der Waals surface area contributed by atoms with E-state index in [1.54, 1.807) is 11.3 Å². The summed E-state index contributed by atoms with van der Waals surface area (Å²) in [6.45, 7) is 8.32. The van der Waals surface area contributed by atoms with Gasteiger partial charge in [-0.2, -0.15) is 0 Å². The van der Waals surface area contributed by atoms with Crippen LogP contribution in [-0.2, 0) is 0 Å². The van der Waals surface area contributed by atoms with Crippen LogP contribution in [-0.4, -0.2) is 21.6 Å². The SMILES string of the molecule is Cc1nnc(NC(C)(CCl)C(C)C)s1. The summed E-state index contributed by atoms with van der Waals surface area (Å²) < 4.78 is 0. The molecule has 1 unspecified atom stereocenters. The number of hydrogen-bond donors (Lipinski definition) is 1. The third kappa shape index (κ3) is 2.58. The Kier molecular flexibility index (Phi) is 3.72. The van der Waals surface area contributed by atoms with Crippen molar-refractivity contribution < 1.29 is 0 Å². The summed E-state index contributed by atoms with van der Waals surface area (Å²) in [4.78, 5) is 0. The standard InChI is InChI=1S/C9H16ClN3S/c1-6(2)9(4,5-10)11-8-13-12-7(3)14-8/h6H,5H2,1-4H3,(H,11,13). The van der Waals surface area contributed by atoms with E-state index in [0.29, 0.717) is 11.8 Å². The number of alkyl halides is 1. The molecule has 1 heterocycles. The van der Waals surface area contributed by atoms with E-state index in [9.17, 15) is 0 Å². The molecule has 1 N–H and O–H groups in total. The van der Waals surface area contributed by atoms with Gasteiger partial charge in [-0.3, -0.25) is 0 Å². The van der Waals surface area contributed by atoms with Crippen LogP contribution in [0.3, 0.4) is 0 Å². The zero-order valence-corrected chi connectivity index (χ0v) is 10.5. The Morgan fingerprint density at radius 2 is 2.14 bits per heavy atom. The lowest BCUT2D eigenvalue weighted by Gasteiger charge is -2.32. The van der Waals surface area contributed by atoms with Gasteiger partial charge in [-0.15, -0.1) is 21.8 Å². The van der Waals surface area contributed by atoms with E-state index in [1.807, 2.05) is 6.92 Å². The second-order valence-corrected chi connectivity index (χ2v) is 5.41. The van der Waals surface area contributed by atoms with Crippen LogP contribution in [0.25, 0.3) is 0 Å². The highest BCUT2D eigenvalue weighted by Crippen LogP contribution is 2.25. The van der Waals surface area contributed by atoms with Gasteiger partial charge in [0.05, 0.1) is 5.54 Å². The average molecular weight is 234 g/mol. The lowest BCUT2D eigenvalue weighted by Crippen LogP contribution is -2.42. The van der Waals surface area contributed by atoms with E-state index in [1.165, 1.54) is 0 Å².